The Balaban J connectivity index is 2.30. The molecule has 0 amide bonds. The van der Waals surface area contributed by atoms with Crippen molar-refractivity contribution in [2.24, 2.45) is 0 Å². The Kier molecular flexibility index (Phi) is 7.86. The maximum atomic E-state index is 12.8. The lowest BCUT2D eigenvalue weighted by atomic mass is 10.1. The molecule has 156 valence electrons. The summed E-state index contributed by atoms with van der Waals surface area (Å²) < 4.78 is 54.3. The van der Waals surface area contributed by atoms with Crippen LogP contribution in [0.15, 0.2) is 36.5 Å². The van der Waals surface area contributed by atoms with Gasteiger partial charge in [0.05, 0.1) is 12.2 Å². The van der Waals surface area contributed by atoms with Crippen molar-refractivity contribution in [3.63, 3.8) is 0 Å². The first-order valence-electron chi connectivity index (χ1n) is 8.28. The van der Waals surface area contributed by atoms with E-state index in [1.807, 2.05) is 0 Å². The number of benzene rings is 1. The number of aromatic nitrogens is 1. The molecule has 1 aromatic heterocycles. The lowest BCUT2D eigenvalue weighted by Crippen LogP contribution is -2.06. The van der Waals surface area contributed by atoms with Crippen molar-refractivity contribution in [3.8, 4) is 17.4 Å². The van der Waals surface area contributed by atoms with E-state index >= 15 is 0 Å². The molecule has 0 aliphatic rings. The lowest BCUT2D eigenvalue weighted by molar-refractivity contribution is -0.138. The molecule has 1 N–H and O–H groups in total. The molecule has 0 spiro atoms. The quantitative estimate of drug-likeness (QED) is 0.441. The number of aliphatic carboxylic acids is 1. The summed E-state index contributed by atoms with van der Waals surface area (Å²) in [6.07, 6.45) is -1.20. The predicted octanol–water partition coefficient (Wildman–Crippen LogP) is 5.06. The fourth-order valence-corrected chi connectivity index (χ4v) is 2.35. The van der Waals surface area contributed by atoms with Crippen molar-refractivity contribution in [1.29, 1.82) is 0 Å². The fraction of sp³-hybridized carbons (Fsp3) is 0.263. The Morgan fingerprint density at radius 2 is 2.03 bits per heavy atom. The van der Waals surface area contributed by atoms with Gasteiger partial charge in [-0.15, -0.1) is 0 Å². The van der Waals surface area contributed by atoms with Crippen LogP contribution in [0.1, 0.15) is 17.5 Å². The number of methoxy groups -OCH3 is 1. The minimum Gasteiger partial charge on any atom is -0.493 e. The molecule has 1 heterocycles. The summed E-state index contributed by atoms with van der Waals surface area (Å²) >= 11 is 5.88. The number of hydrogen-bond acceptors (Lipinski definition) is 5. The van der Waals surface area contributed by atoms with E-state index < -0.39 is 17.7 Å². The first-order chi connectivity index (χ1) is 13.7. The molecule has 29 heavy (non-hydrogen) atoms. The minimum atomic E-state index is -4.60. The molecule has 1 aromatic carbocycles. The van der Waals surface area contributed by atoms with Crippen molar-refractivity contribution >= 4 is 23.6 Å². The third kappa shape index (κ3) is 6.95. The number of rotatable bonds is 9. The van der Waals surface area contributed by atoms with Crippen molar-refractivity contribution in [3.05, 3.63) is 52.7 Å². The number of pyridine rings is 1. The molecule has 0 fully saturated rings. The highest BCUT2D eigenvalue weighted by atomic mass is 35.5. The summed E-state index contributed by atoms with van der Waals surface area (Å²) in [5.41, 5.74) is -0.675. The van der Waals surface area contributed by atoms with Crippen LogP contribution < -0.4 is 9.47 Å². The molecular weight excluding hydrogens is 415 g/mol. The van der Waals surface area contributed by atoms with Gasteiger partial charge in [0.15, 0.2) is 0 Å². The van der Waals surface area contributed by atoms with Gasteiger partial charge in [-0.05, 0) is 24.3 Å². The van der Waals surface area contributed by atoms with E-state index in [4.69, 9.17) is 30.9 Å². The number of carboxylic acid groups (broad SMARTS) is 1. The zero-order valence-electron chi connectivity index (χ0n) is 15.2. The average molecular weight is 432 g/mol. The Morgan fingerprint density at radius 1 is 1.28 bits per heavy atom. The Hall–Kier alpha value is -2.78. The van der Waals surface area contributed by atoms with Gasteiger partial charge in [0, 0.05) is 44.0 Å². The van der Waals surface area contributed by atoms with Crippen LogP contribution in [0.3, 0.4) is 0 Å². The molecule has 0 aliphatic heterocycles. The second-order valence-corrected chi connectivity index (χ2v) is 6.08. The van der Waals surface area contributed by atoms with Gasteiger partial charge in [-0.25, -0.2) is 9.78 Å². The minimum absolute atomic E-state index is 0.112. The van der Waals surface area contributed by atoms with Crippen LogP contribution in [0, 0.1) is 0 Å². The summed E-state index contributed by atoms with van der Waals surface area (Å²) in [6, 6.07) is 5.30. The van der Waals surface area contributed by atoms with Crippen molar-refractivity contribution in [2.45, 2.75) is 12.6 Å². The van der Waals surface area contributed by atoms with Crippen LogP contribution in [0.25, 0.3) is 6.08 Å². The molecule has 2 rings (SSSR count). The number of alkyl halides is 3. The lowest BCUT2D eigenvalue weighted by Gasteiger charge is -2.13. The smallest absolute Gasteiger partial charge is 0.417 e. The summed E-state index contributed by atoms with van der Waals surface area (Å²) in [4.78, 5) is 14.4. The van der Waals surface area contributed by atoms with Gasteiger partial charge in [-0.1, -0.05) is 11.6 Å². The van der Waals surface area contributed by atoms with Gasteiger partial charge in [0.1, 0.15) is 16.5 Å². The number of carboxylic acids is 1. The van der Waals surface area contributed by atoms with E-state index in [9.17, 15) is 18.0 Å². The van der Waals surface area contributed by atoms with E-state index in [2.05, 4.69) is 4.98 Å². The molecule has 6 nitrogen and oxygen atoms in total. The highest BCUT2D eigenvalue weighted by molar-refractivity contribution is 6.31. The van der Waals surface area contributed by atoms with Gasteiger partial charge in [-0.3, -0.25) is 0 Å². The normalized spacial score (nSPS) is 11.6. The first kappa shape index (κ1) is 22.5. The largest absolute Gasteiger partial charge is 0.493 e. The zero-order chi connectivity index (χ0) is 21.4. The first-order valence-corrected chi connectivity index (χ1v) is 8.66. The number of carbonyl (C=O) groups is 1. The molecule has 2 aromatic rings. The molecule has 0 saturated carbocycles. The average Bonchev–Trinajstić information content (AvgIpc) is 2.65. The molecule has 0 atom stereocenters. The van der Waals surface area contributed by atoms with Crippen molar-refractivity contribution in [1.82, 2.24) is 4.98 Å². The maximum Gasteiger partial charge on any atom is 0.417 e. The summed E-state index contributed by atoms with van der Waals surface area (Å²) in [5.74, 6) is -0.921. The van der Waals surface area contributed by atoms with E-state index in [0.717, 1.165) is 6.08 Å². The van der Waals surface area contributed by atoms with Crippen LogP contribution >= 0.6 is 11.6 Å². The highest BCUT2D eigenvalue weighted by Gasteiger charge is 2.31. The number of nitrogens with zero attached hydrogens (tertiary/aromatic N) is 1. The van der Waals surface area contributed by atoms with Gasteiger partial charge < -0.3 is 19.3 Å². The zero-order valence-corrected chi connectivity index (χ0v) is 16.0. The third-order valence-electron chi connectivity index (χ3n) is 3.49. The molecule has 10 heteroatoms. The molecule has 0 radical (unpaired) electrons. The van der Waals surface area contributed by atoms with Gasteiger partial charge in [-0.2, -0.15) is 13.2 Å². The predicted molar refractivity (Wildman–Crippen MR) is 99.4 cm³/mol. The molecule has 0 unspecified atom stereocenters. The Bertz CT molecular complexity index is 887. The molecule has 0 aliphatic carbocycles. The van der Waals surface area contributed by atoms with Crippen LogP contribution in [0.4, 0.5) is 13.2 Å². The number of hydrogen-bond donors (Lipinski definition) is 1. The summed E-state index contributed by atoms with van der Waals surface area (Å²) in [7, 11) is 1.57. The Labute approximate surface area is 169 Å². The summed E-state index contributed by atoms with van der Waals surface area (Å²) in [6.45, 7) is 0.866. The van der Waals surface area contributed by atoms with Crippen LogP contribution in [-0.2, 0) is 15.7 Å². The SMILES string of the molecule is COCCCOc1ccc(C=CC(=O)O)c(Oc2ncc(C(F)(F)F)cc2Cl)c1. The van der Waals surface area contributed by atoms with E-state index in [-0.39, 0.29) is 16.7 Å². The molecule has 0 bridgehead atoms. The van der Waals surface area contributed by atoms with E-state index in [1.54, 1.807) is 19.2 Å². The van der Waals surface area contributed by atoms with E-state index in [0.29, 0.717) is 43.2 Å². The number of halogens is 4. The number of ether oxygens (including phenoxy) is 3. The van der Waals surface area contributed by atoms with Crippen LogP contribution in [0.5, 0.6) is 17.4 Å². The van der Waals surface area contributed by atoms with Crippen LogP contribution in [0.2, 0.25) is 5.02 Å². The second-order valence-electron chi connectivity index (χ2n) is 5.68. The van der Waals surface area contributed by atoms with Crippen molar-refractivity contribution < 1.29 is 37.3 Å². The Morgan fingerprint density at radius 3 is 2.66 bits per heavy atom. The van der Waals surface area contributed by atoms with Gasteiger partial charge >= 0.3 is 12.1 Å². The van der Waals surface area contributed by atoms with E-state index in [1.165, 1.54) is 12.1 Å². The maximum absolute atomic E-state index is 12.8. The molecular formula is C19H17ClF3NO5. The monoisotopic (exact) mass is 431 g/mol. The molecule has 0 saturated heterocycles. The summed E-state index contributed by atoms with van der Waals surface area (Å²) in [5, 5.41) is 8.48. The topological polar surface area (TPSA) is 77.9 Å². The third-order valence-corrected chi connectivity index (χ3v) is 3.76. The standard InChI is InChI=1S/C19H17ClF3NO5/c1-27-7-2-8-28-14-5-3-12(4-6-17(25)26)16(10-14)29-18-15(20)9-13(11-24-18)19(21,22)23/h3-6,9-11H,2,7-8H2,1H3,(H,25,26). The van der Waals surface area contributed by atoms with Crippen molar-refractivity contribution in [2.75, 3.05) is 20.3 Å². The van der Waals surface area contributed by atoms with Gasteiger partial charge in [0.25, 0.3) is 0 Å². The highest BCUT2D eigenvalue weighted by Crippen LogP contribution is 2.36. The van der Waals surface area contributed by atoms with Gasteiger partial charge in [0.2, 0.25) is 5.88 Å². The second kappa shape index (κ2) is 10.1. The fourth-order valence-electron chi connectivity index (χ4n) is 2.14. The van der Waals surface area contributed by atoms with Crippen LogP contribution in [-0.4, -0.2) is 36.4 Å².